The lowest BCUT2D eigenvalue weighted by atomic mass is 10.1. The van der Waals surface area contributed by atoms with Gasteiger partial charge in [0.2, 0.25) is 10.0 Å². The molecule has 0 spiro atoms. The van der Waals surface area contributed by atoms with Crippen molar-refractivity contribution in [2.45, 2.75) is 19.4 Å². The maximum absolute atomic E-state index is 11.7. The minimum Gasteiger partial charge on any atom is -0.330 e. The van der Waals surface area contributed by atoms with Crippen LogP contribution in [0.5, 0.6) is 0 Å². The van der Waals surface area contributed by atoms with Crippen LogP contribution in [0.2, 0.25) is 0 Å². The Bertz CT molecular complexity index is 431. The molecule has 0 radical (unpaired) electrons. The molecule has 96 valence electrons. The molecule has 0 aliphatic heterocycles. The molecule has 1 aromatic carbocycles. The van der Waals surface area contributed by atoms with E-state index in [0.29, 0.717) is 19.5 Å². The summed E-state index contributed by atoms with van der Waals surface area (Å²) in [5, 5.41) is 0. The molecular formula is C12H20N2O2S. The van der Waals surface area contributed by atoms with E-state index in [1.165, 1.54) is 10.6 Å². The zero-order chi connectivity index (χ0) is 12.9. The number of hydrogen-bond donors (Lipinski definition) is 1. The molecule has 0 aromatic heterocycles. The Kier molecular flexibility index (Phi) is 5.11. The second-order valence-corrected chi connectivity index (χ2v) is 6.04. The number of benzene rings is 1. The first-order chi connectivity index (χ1) is 7.96. The molecule has 17 heavy (non-hydrogen) atoms. The van der Waals surface area contributed by atoms with E-state index >= 15 is 0 Å². The Balaban J connectivity index is 2.91. The molecule has 1 unspecified atom stereocenters. The van der Waals surface area contributed by atoms with Crippen LogP contribution >= 0.6 is 0 Å². The highest BCUT2D eigenvalue weighted by molar-refractivity contribution is 7.88. The molecule has 0 saturated heterocycles. The molecule has 0 heterocycles. The molecule has 1 atom stereocenters. The van der Waals surface area contributed by atoms with Crippen molar-refractivity contribution < 1.29 is 8.42 Å². The van der Waals surface area contributed by atoms with E-state index in [-0.39, 0.29) is 6.04 Å². The first-order valence-electron chi connectivity index (χ1n) is 5.68. The first kappa shape index (κ1) is 14.2. The topological polar surface area (TPSA) is 63.4 Å². The summed E-state index contributed by atoms with van der Waals surface area (Å²) < 4.78 is 25.0. The Morgan fingerprint density at radius 3 is 2.35 bits per heavy atom. The summed E-state index contributed by atoms with van der Waals surface area (Å²) in [6, 6.07) is 9.46. The lowest BCUT2D eigenvalue weighted by Gasteiger charge is -2.27. The molecule has 0 amide bonds. The van der Waals surface area contributed by atoms with Crippen LogP contribution in [-0.2, 0) is 10.0 Å². The Labute approximate surface area is 103 Å². The van der Waals surface area contributed by atoms with Crippen LogP contribution in [0.1, 0.15) is 24.9 Å². The minimum absolute atomic E-state index is 0.155. The van der Waals surface area contributed by atoms with Crippen molar-refractivity contribution in [1.29, 1.82) is 0 Å². The molecule has 4 nitrogen and oxygen atoms in total. The van der Waals surface area contributed by atoms with Crippen molar-refractivity contribution in [2.75, 3.05) is 19.3 Å². The van der Waals surface area contributed by atoms with Gasteiger partial charge in [-0.05, 0) is 25.5 Å². The van der Waals surface area contributed by atoms with E-state index in [0.717, 1.165) is 5.56 Å². The molecule has 0 fully saturated rings. The standard InChI is InChI=1S/C12H20N2O2S/c1-11(12-7-4-3-5-8-12)14(10-6-9-13)17(2,15)16/h3-5,7-8,11H,6,9-10,13H2,1-2H3. The van der Waals surface area contributed by atoms with Crippen LogP contribution < -0.4 is 5.73 Å². The monoisotopic (exact) mass is 256 g/mol. The summed E-state index contributed by atoms with van der Waals surface area (Å²) in [7, 11) is -3.21. The third-order valence-electron chi connectivity index (χ3n) is 2.72. The van der Waals surface area contributed by atoms with Gasteiger partial charge in [-0.2, -0.15) is 4.31 Å². The van der Waals surface area contributed by atoms with Crippen molar-refractivity contribution in [3.8, 4) is 0 Å². The summed E-state index contributed by atoms with van der Waals surface area (Å²) in [4.78, 5) is 0. The minimum atomic E-state index is -3.21. The van der Waals surface area contributed by atoms with Crippen LogP contribution in [0.25, 0.3) is 0 Å². The highest BCUT2D eigenvalue weighted by atomic mass is 32.2. The van der Waals surface area contributed by atoms with Crippen molar-refractivity contribution in [3.63, 3.8) is 0 Å². The van der Waals surface area contributed by atoms with Crippen molar-refractivity contribution in [1.82, 2.24) is 4.31 Å². The highest BCUT2D eigenvalue weighted by Crippen LogP contribution is 2.22. The van der Waals surface area contributed by atoms with Crippen molar-refractivity contribution in [2.24, 2.45) is 5.73 Å². The molecular weight excluding hydrogens is 236 g/mol. The SMILES string of the molecule is CC(c1ccccc1)N(CCCN)S(C)(=O)=O. The maximum atomic E-state index is 11.7. The fraction of sp³-hybridized carbons (Fsp3) is 0.500. The highest BCUT2D eigenvalue weighted by Gasteiger charge is 2.23. The number of nitrogens with zero attached hydrogens (tertiary/aromatic N) is 1. The third-order valence-corrected chi connectivity index (χ3v) is 4.07. The van der Waals surface area contributed by atoms with Gasteiger partial charge >= 0.3 is 0 Å². The number of hydrogen-bond acceptors (Lipinski definition) is 3. The summed E-state index contributed by atoms with van der Waals surface area (Å²) in [5.41, 5.74) is 6.43. The molecule has 0 aliphatic carbocycles. The smallest absolute Gasteiger partial charge is 0.211 e. The largest absolute Gasteiger partial charge is 0.330 e. The lowest BCUT2D eigenvalue weighted by Crippen LogP contribution is -2.34. The predicted octanol–water partition coefficient (Wildman–Crippen LogP) is 1.36. The van der Waals surface area contributed by atoms with E-state index in [4.69, 9.17) is 5.73 Å². The average molecular weight is 256 g/mol. The zero-order valence-corrected chi connectivity index (χ0v) is 11.2. The van der Waals surface area contributed by atoms with E-state index in [1.54, 1.807) is 0 Å². The molecule has 5 heteroatoms. The van der Waals surface area contributed by atoms with Crippen LogP contribution in [-0.4, -0.2) is 32.1 Å². The maximum Gasteiger partial charge on any atom is 0.211 e. The van der Waals surface area contributed by atoms with Gasteiger partial charge in [0.15, 0.2) is 0 Å². The number of rotatable bonds is 6. The lowest BCUT2D eigenvalue weighted by molar-refractivity contribution is 0.342. The van der Waals surface area contributed by atoms with Gasteiger partial charge in [0.05, 0.1) is 6.26 Å². The van der Waals surface area contributed by atoms with Crippen molar-refractivity contribution in [3.05, 3.63) is 35.9 Å². The molecule has 2 N–H and O–H groups in total. The molecule has 0 bridgehead atoms. The fourth-order valence-corrected chi connectivity index (χ4v) is 2.95. The van der Waals surface area contributed by atoms with Gasteiger partial charge in [0.25, 0.3) is 0 Å². The first-order valence-corrected chi connectivity index (χ1v) is 7.53. The Morgan fingerprint density at radius 1 is 1.29 bits per heavy atom. The van der Waals surface area contributed by atoms with Gasteiger partial charge in [0, 0.05) is 12.6 Å². The second-order valence-electron chi connectivity index (χ2n) is 4.10. The molecule has 1 aromatic rings. The molecule has 1 rings (SSSR count). The van der Waals surface area contributed by atoms with E-state index in [2.05, 4.69) is 0 Å². The third kappa shape index (κ3) is 4.11. The normalized spacial score (nSPS) is 13.9. The number of sulfonamides is 1. The van der Waals surface area contributed by atoms with E-state index in [1.807, 2.05) is 37.3 Å². The van der Waals surface area contributed by atoms with Crippen LogP contribution in [0.15, 0.2) is 30.3 Å². The Hall–Kier alpha value is -0.910. The van der Waals surface area contributed by atoms with Gasteiger partial charge in [0.1, 0.15) is 0 Å². The average Bonchev–Trinajstić information content (AvgIpc) is 2.29. The van der Waals surface area contributed by atoms with E-state index in [9.17, 15) is 8.42 Å². The second kappa shape index (κ2) is 6.14. The van der Waals surface area contributed by atoms with Gasteiger partial charge in [-0.1, -0.05) is 30.3 Å². The quantitative estimate of drug-likeness (QED) is 0.836. The predicted molar refractivity (Wildman–Crippen MR) is 70.1 cm³/mol. The number of nitrogens with two attached hydrogens (primary N) is 1. The van der Waals surface area contributed by atoms with Crippen LogP contribution in [0.3, 0.4) is 0 Å². The van der Waals surface area contributed by atoms with Crippen LogP contribution in [0, 0.1) is 0 Å². The zero-order valence-electron chi connectivity index (χ0n) is 10.3. The van der Waals surface area contributed by atoms with Gasteiger partial charge in [-0.3, -0.25) is 0 Å². The van der Waals surface area contributed by atoms with Gasteiger partial charge in [-0.25, -0.2) is 8.42 Å². The molecule has 0 saturated carbocycles. The summed E-state index contributed by atoms with van der Waals surface area (Å²) in [6.45, 7) is 2.85. The van der Waals surface area contributed by atoms with Gasteiger partial charge in [-0.15, -0.1) is 0 Å². The molecule has 0 aliphatic rings. The van der Waals surface area contributed by atoms with Crippen LogP contribution in [0.4, 0.5) is 0 Å². The summed E-state index contributed by atoms with van der Waals surface area (Å²) >= 11 is 0. The fourth-order valence-electron chi connectivity index (χ4n) is 1.79. The van der Waals surface area contributed by atoms with Gasteiger partial charge < -0.3 is 5.73 Å². The summed E-state index contributed by atoms with van der Waals surface area (Å²) in [5.74, 6) is 0. The van der Waals surface area contributed by atoms with Crippen molar-refractivity contribution >= 4 is 10.0 Å². The Morgan fingerprint density at radius 2 is 1.88 bits per heavy atom. The summed E-state index contributed by atoms with van der Waals surface area (Å²) in [6.07, 6.45) is 1.91. The van der Waals surface area contributed by atoms with E-state index < -0.39 is 10.0 Å².